The van der Waals surface area contributed by atoms with Gasteiger partial charge in [0.1, 0.15) is 0 Å². The molecule has 0 bridgehead atoms. The number of halogens is 2. The number of benzene rings is 1. The molecule has 2 aromatic rings. The van der Waals surface area contributed by atoms with Crippen LogP contribution in [0.3, 0.4) is 0 Å². The van der Waals surface area contributed by atoms with Crippen molar-refractivity contribution in [3.63, 3.8) is 0 Å². The highest BCUT2D eigenvalue weighted by molar-refractivity contribution is 7.99. The van der Waals surface area contributed by atoms with Crippen molar-refractivity contribution in [2.24, 2.45) is 11.1 Å². The molecule has 0 spiro atoms. The molecule has 0 aliphatic rings. The number of hydrogen-bond donors (Lipinski definition) is 1. The molecule has 1 aromatic carbocycles. The first kappa shape index (κ1) is 20.5. The molecule has 0 saturated heterocycles. The zero-order chi connectivity index (χ0) is 18.6. The molecule has 25 heavy (non-hydrogen) atoms. The Hall–Kier alpha value is -0.800. The lowest BCUT2D eigenvalue weighted by molar-refractivity contribution is 0.498. The summed E-state index contributed by atoms with van der Waals surface area (Å²) in [5.41, 5.74) is 0.760. The molecular weight excluding hydrogens is 403 g/mol. The summed E-state index contributed by atoms with van der Waals surface area (Å²) in [5, 5.41) is 15.3. The third kappa shape index (κ3) is 6.14. The maximum Gasteiger partial charge on any atom is 0.209 e. The van der Waals surface area contributed by atoms with Crippen molar-refractivity contribution in [1.29, 1.82) is 0 Å². The molecule has 2 rings (SSSR count). The molecule has 0 atom stereocenters. The lowest BCUT2D eigenvalue weighted by atomic mass is 10.2. The Morgan fingerprint density at radius 3 is 2.60 bits per heavy atom. The van der Waals surface area contributed by atoms with Crippen LogP contribution in [0.4, 0.5) is 0 Å². The van der Waals surface area contributed by atoms with Gasteiger partial charge in [-0.1, -0.05) is 48.8 Å². The van der Waals surface area contributed by atoms with Crippen molar-refractivity contribution in [3.05, 3.63) is 28.2 Å². The first-order chi connectivity index (χ1) is 11.7. The van der Waals surface area contributed by atoms with Gasteiger partial charge in [0.15, 0.2) is 11.0 Å². The summed E-state index contributed by atoms with van der Waals surface area (Å²) in [7, 11) is -3.44. The molecule has 1 heterocycles. The van der Waals surface area contributed by atoms with Crippen LogP contribution in [-0.4, -0.2) is 34.7 Å². The molecule has 2 N–H and O–H groups in total. The lowest BCUT2D eigenvalue weighted by Crippen LogP contribution is -2.16. The molecule has 0 amide bonds. The molecular formula is C15H20Cl2N4O2S2. The van der Waals surface area contributed by atoms with Gasteiger partial charge in [-0.25, -0.2) is 13.6 Å². The summed E-state index contributed by atoms with van der Waals surface area (Å²) in [4.78, 5) is 0. The highest BCUT2D eigenvalue weighted by Crippen LogP contribution is 2.32. The average molecular weight is 423 g/mol. The topological polar surface area (TPSA) is 90.9 Å². The normalized spacial score (nSPS) is 12.1. The van der Waals surface area contributed by atoms with E-state index in [0.29, 0.717) is 34.0 Å². The van der Waals surface area contributed by atoms with Gasteiger partial charge in [-0.3, -0.25) is 0 Å². The van der Waals surface area contributed by atoms with E-state index in [0.717, 1.165) is 17.3 Å². The van der Waals surface area contributed by atoms with E-state index >= 15 is 0 Å². The summed E-state index contributed by atoms with van der Waals surface area (Å²) >= 11 is 13.7. The number of sulfonamides is 1. The lowest BCUT2D eigenvalue weighted by Gasteiger charge is -2.13. The van der Waals surface area contributed by atoms with Gasteiger partial charge in [0.05, 0.1) is 10.8 Å². The predicted octanol–water partition coefficient (Wildman–Crippen LogP) is 3.68. The van der Waals surface area contributed by atoms with E-state index in [1.165, 1.54) is 11.8 Å². The molecule has 0 radical (unpaired) electrons. The van der Waals surface area contributed by atoms with Crippen molar-refractivity contribution in [2.75, 3.05) is 11.5 Å². The maximum absolute atomic E-state index is 11.0. The minimum absolute atomic E-state index is 0.0474. The number of thioether (sulfide) groups is 1. The smallest absolute Gasteiger partial charge is 0.209 e. The minimum atomic E-state index is -3.44. The zero-order valence-corrected chi connectivity index (χ0v) is 17.1. The van der Waals surface area contributed by atoms with Crippen molar-refractivity contribution < 1.29 is 8.42 Å². The van der Waals surface area contributed by atoms with Crippen LogP contribution in [0.1, 0.15) is 20.3 Å². The van der Waals surface area contributed by atoms with E-state index in [1.54, 1.807) is 12.1 Å². The first-order valence-corrected chi connectivity index (χ1v) is 11.1. The highest BCUT2D eigenvalue weighted by atomic mass is 35.5. The van der Waals surface area contributed by atoms with Gasteiger partial charge < -0.3 is 4.57 Å². The largest absolute Gasteiger partial charge is 0.302 e. The van der Waals surface area contributed by atoms with Crippen molar-refractivity contribution >= 4 is 45.0 Å². The summed E-state index contributed by atoms with van der Waals surface area (Å²) in [6.07, 6.45) is 0.453. The van der Waals surface area contributed by atoms with Crippen LogP contribution in [0.2, 0.25) is 10.0 Å². The Kier molecular flexibility index (Phi) is 7.16. The number of hydrogen-bond acceptors (Lipinski definition) is 5. The molecule has 0 aliphatic carbocycles. The monoisotopic (exact) mass is 422 g/mol. The van der Waals surface area contributed by atoms with Gasteiger partial charge in [0.2, 0.25) is 10.0 Å². The maximum atomic E-state index is 11.0. The SMILES string of the molecule is CC(C)Cn1c(SCCCS(N)(=O)=O)nnc1-c1ccc(Cl)cc1Cl. The average Bonchev–Trinajstić information content (AvgIpc) is 2.85. The first-order valence-electron chi connectivity index (χ1n) is 7.69. The van der Waals surface area contributed by atoms with Crippen LogP contribution >= 0.6 is 35.0 Å². The van der Waals surface area contributed by atoms with Gasteiger partial charge in [-0.15, -0.1) is 10.2 Å². The van der Waals surface area contributed by atoms with Crippen LogP contribution in [0, 0.1) is 5.92 Å². The zero-order valence-electron chi connectivity index (χ0n) is 13.9. The van der Waals surface area contributed by atoms with Gasteiger partial charge in [0, 0.05) is 22.9 Å². The standard InChI is InChI=1S/C15H20Cl2N4O2S2/c1-10(2)9-21-14(12-5-4-11(16)8-13(12)17)19-20-15(21)24-6-3-7-25(18,22)23/h4-5,8,10H,3,6-7,9H2,1-2H3,(H2,18,22,23). The number of nitrogens with two attached hydrogens (primary N) is 1. The van der Waals surface area contributed by atoms with Crippen LogP contribution in [0.5, 0.6) is 0 Å². The molecule has 0 fully saturated rings. The number of primary sulfonamides is 1. The van der Waals surface area contributed by atoms with Gasteiger partial charge in [-0.2, -0.15) is 0 Å². The Morgan fingerprint density at radius 1 is 1.28 bits per heavy atom. The third-order valence-electron chi connectivity index (χ3n) is 3.24. The fraction of sp³-hybridized carbons (Fsp3) is 0.467. The molecule has 0 aliphatic heterocycles. The van der Waals surface area contributed by atoms with E-state index in [1.807, 2.05) is 10.6 Å². The van der Waals surface area contributed by atoms with E-state index in [-0.39, 0.29) is 5.75 Å². The van der Waals surface area contributed by atoms with Gasteiger partial charge in [-0.05, 0) is 30.5 Å². The second-order valence-corrected chi connectivity index (χ2v) is 9.64. The summed E-state index contributed by atoms with van der Waals surface area (Å²) in [6.45, 7) is 4.92. The molecule has 138 valence electrons. The molecule has 0 saturated carbocycles. The van der Waals surface area contributed by atoms with Gasteiger partial charge in [0.25, 0.3) is 0 Å². The number of aromatic nitrogens is 3. The van der Waals surface area contributed by atoms with E-state index in [2.05, 4.69) is 24.0 Å². The Morgan fingerprint density at radius 2 is 2.00 bits per heavy atom. The van der Waals surface area contributed by atoms with Crippen LogP contribution in [0.25, 0.3) is 11.4 Å². The molecule has 6 nitrogen and oxygen atoms in total. The quantitative estimate of drug-likeness (QED) is 0.517. The molecule has 0 unspecified atom stereocenters. The third-order valence-corrected chi connectivity index (χ3v) is 5.70. The van der Waals surface area contributed by atoms with E-state index in [9.17, 15) is 8.42 Å². The predicted molar refractivity (Wildman–Crippen MR) is 104 cm³/mol. The van der Waals surface area contributed by atoms with Crippen LogP contribution < -0.4 is 5.14 Å². The fourth-order valence-electron chi connectivity index (χ4n) is 2.22. The van der Waals surface area contributed by atoms with Crippen molar-refractivity contribution in [2.45, 2.75) is 32.0 Å². The van der Waals surface area contributed by atoms with Crippen LogP contribution in [0.15, 0.2) is 23.4 Å². The van der Waals surface area contributed by atoms with Crippen molar-refractivity contribution in [3.8, 4) is 11.4 Å². The minimum Gasteiger partial charge on any atom is -0.302 e. The van der Waals surface area contributed by atoms with Crippen LogP contribution in [-0.2, 0) is 16.6 Å². The highest BCUT2D eigenvalue weighted by Gasteiger charge is 2.18. The van der Waals surface area contributed by atoms with E-state index in [4.69, 9.17) is 28.3 Å². The summed E-state index contributed by atoms with van der Waals surface area (Å²) in [5.74, 6) is 1.59. The Bertz CT molecular complexity index is 838. The molecule has 10 heteroatoms. The Labute approximate surface area is 162 Å². The second kappa shape index (κ2) is 8.73. The summed E-state index contributed by atoms with van der Waals surface area (Å²) in [6, 6.07) is 5.25. The second-order valence-electron chi connectivity index (χ2n) is 6.00. The van der Waals surface area contributed by atoms with E-state index < -0.39 is 10.0 Å². The molecule has 1 aromatic heterocycles. The number of nitrogens with zero attached hydrogens (tertiary/aromatic N) is 3. The summed E-state index contributed by atoms with van der Waals surface area (Å²) < 4.78 is 24.0. The Balaban J connectivity index is 2.25. The van der Waals surface area contributed by atoms with Gasteiger partial charge >= 0.3 is 0 Å². The number of rotatable bonds is 8. The van der Waals surface area contributed by atoms with Crippen molar-refractivity contribution in [1.82, 2.24) is 14.8 Å². The fourth-order valence-corrected chi connectivity index (χ4v) is 4.33.